The molecule has 0 aliphatic carbocycles. The van der Waals surface area contributed by atoms with Gasteiger partial charge in [0.15, 0.2) is 0 Å². The SMILES string of the molecule is CC(C)(CCl)CNC(=O)c1ccc(=O)[nH]c1. The van der Waals surface area contributed by atoms with Crippen LogP contribution in [0, 0.1) is 5.41 Å². The van der Waals surface area contributed by atoms with Crippen molar-refractivity contribution in [3.05, 3.63) is 34.2 Å². The van der Waals surface area contributed by atoms with E-state index in [2.05, 4.69) is 10.3 Å². The van der Waals surface area contributed by atoms with Crippen LogP contribution in [0.3, 0.4) is 0 Å². The van der Waals surface area contributed by atoms with Gasteiger partial charge in [-0.15, -0.1) is 11.6 Å². The van der Waals surface area contributed by atoms with Gasteiger partial charge in [0.2, 0.25) is 5.56 Å². The Kier molecular flexibility index (Phi) is 4.12. The number of carbonyl (C=O) groups is 1. The number of alkyl halides is 1. The third kappa shape index (κ3) is 3.70. The summed E-state index contributed by atoms with van der Waals surface area (Å²) in [6.07, 6.45) is 1.39. The lowest BCUT2D eigenvalue weighted by atomic mass is 9.96. The molecule has 0 radical (unpaired) electrons. The minimum atomic E-state index is -0.224. The first-order chi connectivity index (χ1) is 7.44. The number of nitrogens with one attached hydrogen (secondary N) is 2. The first-order valence-corrected chi connectivity index (χ1v) is 5.51. The number of pyridine rings is 1. The van der Waals surface area contributed by atoms with Gasteiger partial charge < -0.3 is 10.3 Å². The molecule has 1 amide bonds. The van der Waals surface area contributed by atoms with Gasteiger partial charge in [-0.05, 0) is 11.5 Å². The van der Waals surface area contributed by atoms with Gasteiger partial charge in [0.1, 0.15) is 0 Å². The van der Waals surface area contributed by atoms with E-state index in [9.17, 15) is 9.59 Å². The summed E-state index contributed by atoms with van der Waals surface area (Å²) in [5.74, 6) is 0.258. The van der Waals surface area contributed by atoms with Crippen LogP contribution in [0.1, 0.15) is 24.2 Å². The molecule has 1 heterocycles. The van der Waals surface area contributed by atoms with Crippen LogP contribution in [0.5, 0.6) is 0 Å². The molecule has 0 saturated carbocycles. The fourth-order valence-corrected chi connectivity index (χ4v) is 1.12. The molecule has 0 aliphatic rings. The Bertz CT molecular complexity index is 406. The highest BCUT2D eigenvalue weighted by atomic mass is 35.5. The van der Waals surface area contributed by atoms with Gasteiger partial charge in [-0.3, -0.25) is 9.59 Å². The summed E-state index contributed by atoms with van der Waals surface area (Å²) in [5, 5.41) is 2.76. The Labute approximate surface area is 99.0 Å². The number of carbonyl (C=O) groups excluding carboxylic acids is 1. The Morgan fingerprint density at radius 2 is 2.19 bits per heavy atom. The number of aromatic amines is 1. The standard InChI is InChI=1S/C11H15ClN2O2/c1-11(2,6-12)7-14-10(16)8-3-4-9(15)13-5-8/h3-5H,6-7H2,1-2H3,(H,13,15)(H,14,16). The van der Waals surface area contributed by atoms with Gasteiger partial charge in [0.25, 0.3) is 5.91 Å². The highest BCUT2D eigenvalue weighted by Gasteiger charge is 2.17. The second-order valence-electron chi connectivity index (χ2n) is 4.42. The molecule has 4 nitrogen and oxygen atoms in total. The molecule has 0 spiro atoms. The average Bonchev–Trinajstić information content (AvgIpc) is 2.27. The van der Waals surface area contributed by atoms with Crippen molar-refractivity contribution >= 4 is 17.5 Å². The maximum atomic E-state index is 11.6. The Hall–Kier alpha value is -1.29. The van der Waals surface area contributed by atoms with Crippen molar-refractivity contribution in [3.63, 3.8) is 0 Å². The van der Waals surface area contributed by atoms with Crippen LogP contribution < -0.4 is 10.9 Å². The topological polar surface area (TPSA) is 62.0 Å². The van der Waals surface area contributed by atoms with E-state index in [1.54, 1.807) is 0 Å². The summed E-state index contributed by atoms with van der Waals surface area (Å²) in [6, 6.07) is 2.81. The van der Waals surface area contributed by atoms with Crippen LogP contribution in [0.4, 0.5) is 0 Å². The van der Waals surface area contributed by atoms with Crippen molar-refractivity contribution in [2.45, 2.75) is 13.8 Å². The predicted octanol–water partition coefficient (Wildman–Crippen LogP) is 1.37. The Balaban J connectivity index is 2.60. The van der Waals surface area contributed by atoms with Gasteiger partial charge in [-0.25, -0.2) is 0 Å². The van der Waals surface area contributed by atoms with E-state index in [1.807, 2.05) is 13.8 Å². The van der Waals surface area contributed by atoms with Crippen LogP contribution in [0.15, 0.2) is 23.1 Å². The molecule has 0 saturated heterocycles. The first-order valence-electron chi connectivity index (χ1n) is 4.97. The van der Waals surface area contributed by atoms with Gasteiger partial charge >= 0.3 is 0 Å². The lowest BCUT2D eigenvalue weighted by molar-refractivity contribution is 0.0939. The molecule has 0 aliphatic heterocycles. The maximum absolute atomic E-state index is 11.6. The molecule has 0 bridgehead atoms. The molecular formula is C11H15ClN2O2. The zero-order valence-corrected chi connectivity index (χ0v) is 10.1. The quantitative estimate of drug-likeness (QED) is 0.784. The number of halogens is 1. The van der Waals surface area contributed by atoms with Gasteiger partial charge in [0, 0.05) is 24.7 Å². The molecule has 88 valence electrons. The third-order valence-corrected chi connectivity index (χ3v) is 2.86. The lowest BCUT2D eigenvalue weighted by Crippen LogP contribution is -2.35. The minimum Gasteiger partial charge on any atom is -0.351 e. The molecule has 1 aromatic rings. The molecule has 1 rings (SSSR count). The summed E-state index contributed by atoms with van der Waals surface area (Å²) in [6.45, 7) is 4.43. The third-order valence-electron chi connectivity index (χ3n) is 2.14. The average molecular weight is 243 g/mol. The fraction of sp³-hybridized carbons (Fsp3) is 0.455. The first kappa shape index (κ1) is 12.8. The maximum Gasteiger partial charge on any atom is 0.252 e. The summed E-state index contributed by atoms with van der Waals surface area (Å²) >= 11 is 5.74. The van der Waals surface area contributed by atoms with Crippen LogP contribution in [-0.2, 0) is 0 Å². The summed E-state index contributed by atoms with van der Waals surface area (Å²) < 4.78 is 0. The lowest BCUT2D eigenvalue weighted by Gasteiger charge is -2.21. The molecule has 1 aromatic heterocycles. The van der Waals surface area contributed by atoms with Gasteiger partial charge in [-0.2, -0.15) is 0 Å². The van der Waals surface area contributed by atoms with Gasteiger partial charge in [-0.1, -0.05) is 13.8 Å². The zero-order chi connectivity index (χ0) is 12.2. The van der Waals surface area contributed by atoms with E-state index in [4.69, 9.17) is 11.6 Å². The van der Waals surface area contributed by atoms with Crippen molar-refractivity contribution in [3.8, 4) is 0 Å². The van der Waals surface area contributed by atoms with Crippen molar-refractivity contribution in [1.82, 2.24) is 10.3 Å². The largest absolute Gasteiger partial charge is 0.351 e. The van der Waals surface area contributed by atoms with E-state index < -0.39 is 0 Å². The normalized spacial score (nSPS) is 11.2. The van der Waals surface area contributed by atoms with Crippen molar-refractivity contribution < 1.29 is 4.79 Å². The second-order valence-corrected chi connectivity index (χ2v) is 4.69. The van der Waals surface area contributed by atoms with E-state index in [0.29, 0.717) is 18.0 Å². The van der Waals surface area contributed by atoms with Crippen LogP contribution in [0.2, 0.25) is 0 Å². The van der Waals surface area contributed by atoms with E-state index >= 15 is 0 Å². The molecule has 0 unspecified atom stereocenters. The van der Waals surface area contributed by atoms with Crippen LogP contribution in [0.25, 0.3) is 0 Å². The van der Waals surface area contributed by atoms with Gasteiger partial charge in [0.05, 0.1) is 5.56 Å². The highest BCUT2D eigenvalue weighted by Crippen LogP contribution is 2.15. The fourth-order valence-electron chi connectivity index (χ4n) is 1.02. The van der Waals surface area contributed by atoms with E-state index in [-0.39, 0.29) is 16.9 Å². The van der Waals surface area contributed by atoms with Crippen molar-refractivity contribution in [2.75, 3.05) is 12.4 Å². The number of aromatic nitrogens is 1. The molecule has 0 aromatic carbocycles. The number of hydrogen-bond donors (Lipinski definition) is 2. The van der Waals surface area contributed by atoms with E-state index in [0.717, 1.165) is 0 Å². The number of H-pyrrole nitrogens is 1. The van der Waals surface area contributed by atoms with Crippen molar-refractivity contribution in [1.29, 1.82) is 0 Å². The summed E-state index contributed by atoms with van der Waals surface area (Å²) in [7, 11) is 0. The Morgan fingerprint density at radius 1 is 1.50 bits per heavy atom. The number of hydrogen-bond acceptors (Lipinski definition) is 2. The van der Waals surface area contributed by atoms with Crippen molar-refractivity contribution in [2.24, 2.45) is 5.41 Å². The van der Waals surface area contributed by atoms with E-state index in [1.165, 1.54) is 18.3 Å². The van der Waals surface area contributed by atoms with Crippen LogP contribution in [-0.4, -0.2) is 23.3 Å². The van der Waals surface area contributed by atoms with Crippen LogP contribution >= 0.6 is 11.6 Å². The number of rotatable bonds is 4. The number of amides is 1. The molecule has 2 N–H and O–H groups in total. The summed E-state index contributed by atoms with van der Waals surface area (Å²) in [5.41, 5.74) is 0.0713. The molecular weight excluding hydrogens is 228 g/mol. The highest BCUT2D eigenvalue weighted by molar-refractivity contribution is 6.18. The zero-order valence-electron chi connectivity index (χ0n) is 9.34. The molecule has 16 heavy (non-hydrogen) atoms. The summed E-state index contributed by atoms with van der Waals surface area (Å²) in [4.78, 5) is 24.9. The Morgan fingerprint density at radius 3 is 2.69 bits per heavy atom. The smallest absolute Gasteiger partial charge is 0.252 e. The predicted molar refractivity (Wildman–Crippen MR) is 63.9 cm³/mol. The second kappa shape index (κ2) is 5.16. The molecule has 0 atom stereocenters. The minimum absolute atomic E-state index is 0.139. The molecule has 5 heteroatoms. The monoisotopic (exact) mass is 242 g/mol. The molecule has 0 fully saturated rings.